The minimum absolute atomic E-state index is 0.128. The van der Waals surface area contributed by atoms with Crippen LogP contribution in [-0.2, 0) is 20.7 Å². The molecule has 0 aliphatic heterocycles. The van der Waals surface area contributed by atoms with Crippen LogP contribution in [0.2, 0.25) is 0 Å². The Morgan fingerprint density at radius 1 is 1.47 bits per heavy atom. The summed E-state index contributed by atoms with van der Waals surface area (Å²) < 4.78 is 3.34. The Morgan fingerprint density at radius 3 is 2.68 bits per heavy atom. The molecule has 102 valence electrons. The molecule has 0 aliphatic carbocycles. The molecule has 0 unspecified atom stereocenters. The van der Waals surface area contributed by atoms with Gasteiger partial charge in [0.2, 0.25) is 5.82 Å². The van der Waals surface area contributed by atoms with E-state index in [1.165, 1.54) is 6.20 Å². The van der Waals surface area contributed by atoms with E-state index in [9.17, 15) is 10.1 Å². The highest BCUT2D eigenvalue weighted by molar-refractivity contribution is 7.99. The van der Waals surface area contributed by atoms with Gasteiger partial charge in [-0.25, -0.2) is 4.98 Å². The highest BCUT2D eigenvalue weighted by Crippen LogP contribution is 2.34. The Labute approximate surface area is 113 Å². The summed E-state index contributed by atoms with van der Waals surface area (Å²) in [7, 11) is 3.46. The van der Waals surface area contributed by atoms with Crippen LogP contribution in [0.25, 0.3) is 0 Å². The summed E-state index contributed by atoms with van der Waals surface area (Å²) in [5.74, 6) is 0.379. The topological polar surface area (TPSA) is 99.0 Å². The smallest absolute Gasteiger partial charge is 0.390 e. The van der Waals surface area contributed by atoms with Crippen molar-refractivity contribution in [3.05, 3.63) is 27.8 Å². The van der Waals surface area contributed by atoms with Crippen LogP contribution < -0.4 is 0 Å². The predicted octanol–water partition coefficient (Wildman–Crippen LogP) is 1.01. The number of aliphatic hydroxyl groups is 1. The molecule has 0 aromatic carbocycles. The lowest BCUT2D eigenvalue weighted by Crippen LogP contribution is -2.00. The molecular weight excluding hydrogens is 270 g/mol. The van der Waals surface area contributed by atoms with E-state index < -0.39 is 4.92 Å². The quantitative estimate of drug-likeness (QED) is 0.664. The van der Waals surface area contributed by atoms with Crippen LogP contribution in [0, 0.1) is 17.0 Å². The molecule has 0 amide bonds. The van der Waals surface area contributed by atoms with Crippen molar-refractivity contribution in [2.24, 2.45) is 14.1 Å². The van der Waals surface area contributed by atoms with Crippen LogP contribution in [0.4, 0.5) is 5.82 Å². The molecule has 2 aromatic rings. The molecule has 2 heterocycles. The molecule has 0 bridgehead atoms. The van der Waals surface area contributed by atoms with E-state index in [2.05, 4.69) is 9.97 Å². The number of aliphatic hydroxyl groups excluding tert-OH is 1. The van der Waals surface area contributed by atoms with E-state index in [-0.39, 0.29) is 12.4 Å². The molecule has 1 N–H and O–H groups in total. The van der Waals surface area contributed by atoms with E-state index in [4.69, 9.17) is 5.11 Å². The highest BCUT2D eigenvalue weighted by Gasteiger charge is 2.25. The van der Waals surface area contributed by atoms with Crippen molar-refractivity contribution in [2.75, 3.05) is 0 Å². The number of nitro groups is 1. The van der Waals surface area contributed by atoms with E-state index >= 15 is 0 Å². The molecular formula is C10H13N5O3S. The summed E-state index contributed by atoms with van der Waals surface area (Å²) in [4.78, 5) is 18.5. The number of rotatable bonds is 4. The average molecular weight is 283 g/mol. The van der Waals surface area contributed by atoms with Gasteiger partial charge in [-0.2, -0.15) is 0 Å². The Morgan fingerprint density at radius 2 is 2.16 bits per heavy atom. The summed E-state index contributed by atoms with van der Waals surface area (Å²) in [6.45, 7) is 1.57. The van der Waals surface area contributed by atoms with Crippen molar-refractivity contribution >= 4 is 17.6 Å². The summed E-state index contributed by atoms with van der Waals surface area (Å²) in [5, 5.41) is 21.1. The second-order valence-corrected chi connectivity index (χ2v) is 4.91. The van der Waals surface area contributed by atoms with Crippen LogP contribution in [0.5, 0.6) is 0 Å². The third-order valence-corrected chi connectivity index (χ3v) is 4.03. The Kier molecular flexibility index (Phi) is 3.58. The number of hydrogen-bond donors (Lipinski definition) is 1. The minimum Gasteiger partial charge on any atom is -0.390 e. The normalized spacial score (nSPS) is 10.9. The molecule has 8 nitrogen and oxygen atoms in total. The molecule has 0 fully saturated rings. The van der Waals surface area contributed by atoms with Crippen LogP contribution in [-0.4, -0.2) is 29.1 Å². The number of hydrogen-bond acceptors (Lipinski definition) is 6. The summed E-state index contributed by atoms with van der Waals surface area (Å²) in [5.41, 5.74) is 0.643. The summed E-state index contributed by atoms with van der Waals surface area (Å²) in [6.07, 6.45) is 1.54. The van der Waals surface area contributed by atoms with Crippen molar-refractivity contribution in [2.45, 2.75) is 23.7 Å². The highest BCUT2D eigenvalue weighted by atomic mass is 32.2. The van der Waals surface area contributed by atoms with Gasteiger partial charge in [-0.1, -0.05) is 0 Å². The zero-order valence-corrected chi connectivity index (χ0v) is 11.5. The fraction of sp³-hybridized carbons (Fsp3) is 0.400. The molecule has 0 spiro atoms. The lowest BCUT2D eigenvalue weighted by molar-refractivity contribution is -0.392. The van der Waals surface area contributed by atoms with Gasteiger partial charge in [0.25, 0.3) is 0 Å². The fourth-order valence-electron chi connectivity index (χ4n) is 1.56. The molecule has 0 saturated heterocycles. The second kappa shape index (κ2) is 5.02. The average Bonchev–Trinajstić information content (AvgIpc) is 2.85. The van der Waals surface area contributed by atoms with Crippen LogP contribution in [0.1, 0.15) is 11.5 Å². The van der Waals surface area contributed by atoms with E-state index in [1.54, 1.807) is 30.2 Å². The molecule has 2 rings (SSSR count). The molecule has 2 aromatic heterocycles. The van der Waals surface area contributed by atoms with Gasteiger partial charge in [0.15, 0.2) is 10.2 Å². The third-order valence-electron chi connectivity index (χ3n) is 2.81. The van der Waals surface area contributed by atoms with Crippen molar-refractivity contribution in [1.82, 2.24) is 19.1 Å². The minimum atomic E-state index is -0.509. The first-order chi connectivity index (χ1) is 8.95. The second-order valence-electron chi connectivity index (χ2n) is 3.96. The molecule has 0 aliphatic rings. The number of aromatic nitrogens is 4. The van der Waals surface area contributed by atoms with Crippen LogP contribution >= 0.6 is 11.8 Å². The maximum absolute atomic E-state index is 11.0. The standard InChI is InChI=1S/C10H13N5O3S/c1-6-12-8(15(17)18)9(13(6)2)19-10-11-4-7(5-16)14(10)3/h4,16H,5H2,1-3H3. The SMILES string of the molecule is Cc1nc([N+](=O)[O-])c(Sc2ncc(CO)n2C)n1C. The van der Waals surface area contributed by atoms with Gasteiger partial charge in [-0.15, -0.1) is 0 Å². The monoisotopic (exact) mass is 283 g/mol. The van der Waals surface area contributed by atoms with Gasteiger partial charge >= 0.3 is 5.82 Å². The molecule has 9 heteroatoms. The first-order valence-corrected chi connectivity index (χ1v) is 6.24. The first kappa shape index (κ1) is 13.6. The van der Waals surface area contributed by atoms with Gasteiger partial charge in [0.05, 0.1) is 18.5 Å². The number of aryl methyl sites for hydroxylation is 1. The maximum Gasteiger partial charge on any atom is 0.396 e. The number of nitrogens with zero attached hydrogens (tertiary/aromatic N) is 5. The predicted molar refractivity (Wildman–Crippen MR) is 67.9 cm³/mol. The van der Waals surface area contributed by atoms with E-state index in [0.29, 0.717) is 21.7 Å². The Bertz CT molecular complexity index is 633. The van der Waals surface area contributed by atoms with Gasteiger partial charge in [0, 0.05) is 21.0 Å². The van der Waals surface area contributed by atoms with Gasteiger partial charge in [-0.3, -0.25) is 4.57 Å². The van der Waals surface area contributed by atoms with Crippen molar-refractivity contribution < 1.29 is 10.0 Å². The van der Waals surface area contributed by atoms with Gasteiger partial charge in [-0.05, 0) is 21.7 Å². The third kappa shape index (κ3) is 2.34. The molecule has 19 heavy (non-hydrogen) atoms. The van der Waals surface area contributed by atoms with Crippen LogP contribution in [0.3, 0.4) is 0 Å². The molecule has 0 saturated carbocycles. The molecule has 0 atom stereocenters. The summed E-state index contributed by atoms with van der Waals surface area (Å²) >= 11 is 1.15. The Hall–Kier alpha value is -1.87. The van der Waals surface area contributed by atoms with Crippen molar-refractivity contribution in [1.29, 1.82) is 0 Å². The maximum atomic E-state index is 11.0. The largest absolute Gasteiger partial charge is 0.396 e. The zero-order chi connectivity index (χ0) is 14.2. The van der Waals surface area contributed by atoms with Gasteiger partial charge in [0.1, 0.15) is 0 Å². The lowest BCUT2D eigenvalue weighted by Gasteiger charge is -2.04. The first-order valence-electron chi connectivity index (χ1n) is 5.42. The Balaban J connectivity index is 2.43. The number of imidazole rings is 2. The van der Waals surface area contributed by atoms with Gasteiger partial charge < -0.3 is 19.8 Å². The summed E-state index contributed by atoms with van der Waals surface area (Å²) in [6, 6.07) is 0. The van der Waals surface area contributed by atoms with Crippen LogP contribution in [0.15, 0.2) is 16.4 Å². The van der Waals surface area contributed by atoms with Crippen molar-refractivity contribution in [3.63, 3.8) is 0 Å². The van der Waals surface area contributed by atoms with E-state index in [0.717, 1.165) is 11.8 Å². The van der Waals surface area contributed by atoms with E-state index in [1.807, 2.05) is 0 Å². The molecule has 0 radical (unpaired) electrons. The lowest BCUT2D eigenvalue weighted by atomic mass is 10.5. The van der Waals surface area contributed by atoms with Crippen molar-refractivity contribution in [3.8, 4) is 0 Å². The fourth-order valence-corrected chi connectivity index (χ4v) is 2.57. The zero-order valence-electron chi connectivity index (χ0n) is 10.7.